The molecule has 0 spiro atoms. The van der Waals surface area contributed by atoms with E-state index < -0.39 is 17.9 Å². The zero-order chi connectivity index (χ0) is 17.1. The van der Waals surface area contributed by atoms with E-state index in [4.69, 9.17) is 4.74 Å². The molecule has 8 heteroatoms. The van der Waals surface area contributed by atoms with Crippen molar-refractivity contribution in [2.45, 2.75) is 6.04 Å². The summed E-state index contributed by atoms with van der Waals surface area (Å²) in [5.74, 6) is -1.69. The summed E-state index contributed by atoms with van der Waals surface area (Å²) < 4.78 is 6.24. The first-order valence-corrected chi connectivity index (χ1v) is 7.35. The standard InChI is InChI=1S/C16H15N3O5/c20-14-7-6-12(17-19(14)11-4-2-1-3-5-11)15(21)18-8-9-24-10-13(18)16(22)23/h1-7,13H,8-10H2,(H,22,23)/t13-/m1/s1. The van der Waals surface area contributed by atoms with Crippen LogP contribution in [0.4, 0.5) is 0 Å². The van der Waals surface area contributed by atoms with Crippen molar-refractivity contribution in [3.8, 4) is 5.69 Å². The number of carbonyl (C=O) groups excluding carboxylic acids is 1. The van der Waals surface area contributed by atoms with E-state index >= 15 is 0 Å². The number of amides is 1. The molecule has 8 nitrogen and oxygen atoms in total. The van der Waals surface area contributed by atoms with Crippen molar-refractivity contribution in [2.24, 2.45) is 0 Å². The molecule has 0 radical (unpaired) electrons. The number of rotatable bonds is 3. The Labute approximate surface area is 136 Å². The Morgan fingerprint density at radius 2 is 1.92 bits per heavy atom. The van der Waals surface area contributed by atoms with Gasteiger partial charge in [0, 0.05) is 12.6 Å². The second kappa shape index (κ2) is 6.63. The van der Waals surface area contributed by atoms with Gasteiger partial charge in [0.15, 0.2) is 6.04 Å². The fourth-order valence-corrected chi connectivity index (χ4v) is 2.48. The van der Waals surface area contributed by atoms with Crippen LogP contribution in [-0.4, -0.2) is 57.5 Å². The number of ether oxygens (including phenoxy) is 1. The largest absolute Gasteiger partial charge is 0.480 e. The van der Waals surface area contributed by atoms with Crippen LogP contribution in [0.5, 0.6) is 0 Å². The molecule has 1 N–H and O–H groups in total. The summed E-state index contributed by atoms with van der Waals surface area (Å²) in [5, 5.41) is 13.3. The third-order valence-electron chi connectivity index (χ3n) is 3.69. The number of aromatic nitrogens is 2. The topological polar surface area (TPSA) is 102 Å². The van der Waals surface area contributed by atoms with Gasteiger partial charge in [0.25, 0.3) is 11.5 Å². The average Bonchev–Trinajstić information content (AvgIpc) is 2.62. The first kappa shape index (κ1) is 15.9. The summed E-state index contributed by atoms with van der Waals surface area (Å²) in [4.78, 5) is 37.1. The summed E-state index contributed by atoms with van der Waals surface area (Å²) in [6, 6.07) is 10.2. The molecule has 124 valence electrons. The fraction of sp³-hybridized carbons (Fsp3) is 0.250. The van der Waals surface area contributed by atoms with Gasteiger partial charge < -0.3 is 14.7 Å². The van der Waals surface area contributed by atoms with Crippen LogP contribution in [0, 0.1) is 0 Å². The predicted octanol–water partition coefficient (Wildman–Crippen LogP) is 0.158. The number of carboxylic acids is 1. The van der Waals surface area contributed by atoms with Gasteiger partial charge in [0.05, 0.1) is 18.9 Å². The molecule has 2 aromatic rings. The summed E-state index contributed by atoms with van der Waals surface area (Å²) in [7, 11) is 0. The molecule has 24 heavy (non-hydrogen) atoms. The number of hydrogen-bond donors (Lipinski definition) is 1. The Balaban J connectivity index is 1.96. The molecule has 0 bridgehead atoms. The highest BCUT2D eigenvalue weighted by atomic mass is 16.5. The minimum Gasteiger partial charge on any atom is -0.480 e. The van der Waals surface area contributed by atoms with Gasteiger partial charge in [0.2, 0.25) is 0 Å². The van der Waals surface area contributed by atoms with Gasteiger partial charge in [-0.3, -0.25) is 9.59 Å². The number of carboxylic acid groups (broad SMARTS) is 1. The lowest BCUT2D eigenvalue weighted by Crippen LogP contribution is -2.53. The van der Waals surface area contributed by atoms with E-state index in [-0.39, 0.29) is 31.0 Å². The van der Waals surface area contributed by atoms with Crippen LogP contribution < -0.4 is 5.56 Å². The van der Waals surface area contributed by atoms with Crippen molar-refractivity contribution >= 4 is 11.9 Å². The van der Waals surface area contributed by atoms with Crippen LogP contribution >= 0.6 is 0 Å². The van der Waals surface area contributed by atoms with Gasteiger partial charge in [0.1, 0.15) is 5.69 Å². The number of benzene rings is 1. The van der Waals surface area contributed by atoms with Crippen molar-refractivity contribution in [2.75, 3.05) is 19.8 Å². The van der Waals surface area contributed by atoms with Crippen LogP contribution in [-0.2, 0) is 9.53 Å². The Morgan fingerprint density at radius 1 is 1.17 bits per heavy atom. The summed E-state index contributed by atoms with van der Waals surface area (Å²) >= 11 is 0. The van der Waals surface area contributed by atoms with E-state index in [9.17, 15) is 19.5 Å². The molecule has 1 fully saturated rings. The molecule has 1 aromatic carbocycles. The third-order valence-corrected chi connectivity index (χ3v) is 3.69. The number of nitrogens with zero attached hydrogens (tertiary/aromatic N) is 3. The molecule has 3 rings (SSSR count). The summed E-state index contributed by atoms with van der Waals surface area (Å²) in [5.41, 5.74) is 0.148. The van der Waals surface area contributed by atoms with Gasteiger partial charge in [-0.15, -0.1) is 0 Å². The predicted molar refractivity (Wildman–Crippen MR) is 83.1 cm³/mol. The van der Waals surface area contributed by atoms with E-state index in [0.29, 0.717) is 5.69 Å². The number of morpholine rings is 1. The van der Waals surface area contributed by atoms with Gasteiger partial charge in [-0.25, -0.2) is 4.79 Å². The van der Waals surface area contributed by atoms with Crippen LogP contribution in [0.3, 0.4) is 0 Å². The Morgan fingerprint density at radius 3 is 2.62 bits per heavy atom. The number of hydrogen-bond acceptors (Lipinski definition) is 5. The summed E-state index contributed by atoms with van der Waals surface area (Å²) in [6.07, 6.45) is 0. The minimum atomic E-state index is -1.14. The molecule has 0 unspecified atom stereocenters. The number of aliphatic carboxylic acids is 1. The molecule has 1 amide bonds. The smallest absolute Gasteiger partial charge is 0.328 e. The molecule has 1 atom stereocenters. The van der Waals surface area contributed by atoms with Crippen LogP contribution in [0.15, 0.2) is 47.3 Å². The zero-order valence-electron chi connectivity index (χ0n) is 12.7. The van der Waals surface area contributed by atoms with Crippen LogP contribution in [0.2, 0.25) is 0 Å². The quantitative estimate of drug-likeness (QED) is 0.860. The van der Waals surface area contributed by atoms with Crippen molar-refractivity contribution in [1.82, 2.24) is 14.7 Å². The van der Waals surface area contributed by atoms with Crippen molar-refractivity contribution in [1.29, 1.82) is 0 Å². The van der Waals surface area contributed by atoms with Crippen molar-refractivity contribution < 1.29 is 19.4 Å². The first-order valence-electron chi connectivity index (χ1n) is 7.35. The van der Waals surface area contributed by atoms with Crippen LogP contribution in [0.25, 0.3) is 5.69 Å². The van der Waals surface area contributed by atoms with Crippen molar-refractivity contribution in [3.05, 3.63) is 58.5 Å². The lowest BCUT2D eigenvalue weighted by Gasteiger charge is -2.32. The minimum absolute atomic E-state index is 0.00611. The second-order valence-corrected chi connectivity index (χ2v) is 5.23. The highest BCUT2D eigenvalue weighted by molar-refractivity contribution is 5.95. The SMILES string of the molecule is O=C(O)[C@H]1COCCN1C(=O)c1ccc(=O)n(-c2ccccc2)n1. The Bertz CT molecular complexity index is 818. The summed E-state index contributed by atoms with van der Waals surface area (Å²) in [6.45, 7) is 0.342. The number of para-hydroxylation sites is 1. The second-order valence-electron chi connectivity index (χ2n) is 5.23. The average molecular weight is 329 g/mol. The highest BCUT2D eigenvalue weighted by Gasteiger charge is 2.34. The molecule has 0 aliphatic carbocycles. The van der Waals surface area contributed by atoms with Gasteiger partial charge in [-0.2, -0.15) is 9.78 Å². The third kappa shape index (κ3) is 3.04. The van der Waals surface area contributed by atoms with E-state index in [0.717, 1.165) is 4.68 Å². The van der Waals surface area contributed by atoms with E-state index in [2.05, 4.69) is 5.10 Å². The molecular weight excluding hydrogens is 314 g/mol. The van der Waals surface area contributed by atoms with E-state index in [1.807, 2.05) is 0 Å². The molecule has 2 heterocycles. The normalized spacial score (nSPS) is 17.5. The maximum Gasteiger partial charge on any atom is 0.328 e. The molecule has 1 aromatic heterocycles. The van der Waals surface area contributed by atoms with E-state index in [1.54, 1.807) is 30.3 Å². The fourth-order valence-electron chi connectivity index (χ4n) is 2.48. The Hall–Kier alpha value is -3.00. The maximum absolute atomic E-state index is 12.6. The monoisotopic (exact) mass is 329 g/mol. The number of carbonyl (C=O) groups is 2. The van der Waals surface area contributed by atoms with E-state index in [1.165, 1.54) is 17.0 Å². The van der Waals surface area contributed by atoms with Gasteiger partial charge >= 0.3 is 5.97 Å². The molecule has 0 saturated carbocycles. The Kier molecular flexibility index (Phi) is 4.39. The lowest BCUT2D eigenvalue weighted by molar-refractivity contribution is -0.147. The van der Waals surface area contributed by atoms with Crippen LogP contribution in [0.1, 0.15) is 10.5 Å². The molecule has 1 aliphatic heterocycles. The molecule has 1 saturated heterocycles. The highest BCUT2D eigenvalue weighted by Crippen LogP contribution is 2.12. The van der Waals surface area contributed by atoms with Gasteiger partial charge in [-0.1, -0.05) is 18.2 Å². The zero-order valence-corrected chi connectivity index (χ0v) is 12.7. The maximum atomic E-state index is 12.6. The van der Waals surface area contributed by atoms with Gasteiger partial charge in [-0.05, 0) is 18.2 Å². The molecular formula is C16H15N3O5. The first-order chi connectivity index (χ1) is 11.6. The van der Waals surface area contributed by atoms with Crippen molar-refractivity contribution in [3.63, 3.8) is 0 Å². The lowest BCUT2D eigenvalue weighted by atomic mass is 10.2. The molecule has 1 aliphatic rings.